The maximum Gasteiger partial charge on any atom is 0.0234 e. The van der Waals surface area contributed by atoms with Gasteiger partial charge in [0, 0.05) is 39.3 Å². The molecule has 1 saturated heterocycles. The summed E-state index contributed by atoms with van der Waals surface area (Å²) in [5.74, 6) is 0. The van der Waals surface area contributed by atoms with E-state index in [0.29, 0.717) is 0 Å². The molecule has 0 amide bonds. The summed E-state index contributed by atoms with van der Waals surface area (Å²) in [7, 11) is 0. The van der Waals surface area contributed by atoms with E-state index >= 15 is 0 Å². The molecule has 1 aromatic rings. The molecule has 19 heavy (non-hydrogen) atoms. The van der Waals surface area contributed by atoms with E-state index in [4.69, 9.17) is 0 Å². The molecule has 1 aliphatic rings. The Morgan fingerprint density at radius 3 is 2.37 bits per heavy atom. The lowest BCUT2D eigenvalue weighted by atomic mass is 10.1. The quantitative estimate of drug-likeness (QED) is 0.844. The van der Waals surface area contributed by atoms with Gasteiger partial charge in [0.1, 0.15) is 0 Å². The Bertz CT molecular complexity index is 370. The number of rotatable bonds is 6. The van der Waals surface area contributed by atoms with Gasteiger partial charge in [-0.25, -0.2) is 0 Å². The average Bonchev–Trinajstić information content (AvgIpc) is 2.46. The first-order chi connectivity index (χ1) is 9.31. The van der Waals surface area contributed by atoms with Crippen molar-refractivity contribution in [3.05, 3.63) is 35.4 Å². The third-order valence-corrected chi connectivity index (χ3v) is 3.89. The van der Waals surface area contributed by atoms with Gasteiger partial charge in [-0.2, -0.15) is 0 Å². The Hall–Kier alpha value is -0.900. The Balaban J connectivity index is 1.85. The van der Waals surface area contributed by atoms with Crippen molar-refractivity contribution in [3.8, 4) is 0 Å². The predicted molar refractivity (Wildman–Crippen MR) is 81.2 cm³/mol. The highest BCUT2D eigenvalue weighted by Crippen LogP contribution is 2.10. The van der Waals surface area contributed by atoms with Gasteiger partial charge in [-0.1, -0.05) is 38.1 Å². The SMILES string of the molecule is CCNCc1cccc(CN2CCN(CC)CC2)c1. The molecule has 0 atom stereocenters. The van der Waals surface area contributed by atoms with Crippen LogP contribution in [0.3, 0.4) is 0 Å². The van der Waals surface area contributed by atoms with Crippen LogP contribution in [0.25, 0.3) is 0 Å². The number of piperazine rings is 1. The third kappa shape index (κ3) is 4.60. The minimum Gasteiger partial charge on any atom is -0.313 e. The van der Waals surface area contributed by atoms with E-state index in [0.717, 1.165) is 19.6 Å². The van der Waals surface area contributed by atoms with Crippen LogP contribution in [0.2, 0.25) is 0 Å². The van der Waals surface area contributed by atoms with Gasteiger partial charge >= 0.3 is 0 Å². The standard InChI is InChI=1S/C16H27N3/c1-3-17-13-15-6-5-7-16(12-15)14-19-10-8-18(4-2)9-11-19/h5-7,12,17H,3-4,8-11,13-14H2,1-2H3. The summed E-state index contributed by atoms with van der Waals surface area (Å²) in [5, 5.41) is 3.39. The summed E-state index contributed by atoms with van der Waals surface area (Å²) in [6, 6.07) is 8.99. The number of nitrogens with zero attached hydrogens (tertiary/aromatic N) is 2. The second kappa shape index (κ2) is 7.63. The molecule has 3 nitrogen and oxygen atoms in total. The van der Waals surface area contributed by atoms with Crippen molar-refractivity contribution in [2.45, 2.75) is 26.9 Å². The highest BCUT2D eigenvalue weighted by atomic mass is 15.3. The van der Waals surface area contributed by atoms with Crippen molar-refractivity contribution in [2.75, 3.05) is 39.3 Å². The second-order valence-electron chi connectivity index (χ2n) is 5.31. The van der Waals surface area contributed by atoms with Crippen molar-refractivity contribution in [1.29, 1.82) is 0 Å². The summed E-state index contributed by atoms with van der Waals surface area (Å²) >= 11 is 0. The van der Waals surface area contributed by atoms with Gasteiger partial charge < -0.3 is 10.2 Å². The van der Waals surface area contributed by atoms with Gasteiger partial charge in [0.2, 0.25) is 0 Å². The summed E-state index contributed by atoms with van der Waals surface area (Å²) in [6.07, 6.45) is 0. The van der Waals surface area contributed by atoms with Gasteiger partial charge in [0.25, 0.3) is 0 Å². The molecule has 0 spiro atoms. The molecule has 0 aliphatic carbocycles. The van der Waals surface area contributed by atoms with Crippen molar-refractivity contribution in [1.82, 2.24) is 15.1 Å². The van der Waals surface area contributed by atoms with Gasteiger partial charge in [-0.3, -0.25) is 4.90 Å². The minimum atomic E-state index is 0.980. The molecule has 1 aliphatic heterocycles. The van der Waals surface area contributed by atoms with Crippen LogP contribution >= 0.6 is 0 Å². The summed E-state index contributed by atoms with van der Waals surface area (Å²) in [6.45, 7) is 13.5. The van der Waals surface area contributed by atoms with Crippen molar-refractivity contribution < 1.29 is 0 Å². The maximum atomic E-state index is 3.39. The van der Waals surface area contributed by atoms with E-state index < -0.39 is 0 Å². The number of hydrogen-bond acceptors (Lipinski definition) is 3. The van der Waals surface area contributed by atoms with Crippen LogP contribution in [0.1, 0.15) is 25.0 Å². The number of nitrogens with one attached hydrogen (secondary N) is 1. The zero-order valence-electron chi connectivity index (χ0n) is 12.4. The van der Waals surface area contributed by atoms with Crippen molar-refractivity contribution >= 4 is 0 Å². The van der Waals surface area contributed by atoms with E-state index in [-0.39, 0.29) is 0 Å². The summed E-state index contributed by atoms with van der Waals surface area (Å²) in [4.78, 5) is 5.09. The van der Waals surface area contributed by atoms with E-state index in [1.54, 1.807) is 0 Å². The fraction of sp³-hybridized carbons (Fsp3) is 0.625. The zero-order valence-corrected chi connectivity index (χ0v) is 12.4. The molecule has 0 bridgehead atoms. The highest BCUT2D eigenvalue weighted by Gasteiger charge is 2.15. The molecule has 2 rings (SSSR count). The van der Waals surface area contributed by atoms with E-state index in [1.807, 2.05) is 0 Å². The van der Waals surface area contributed by atoms with Crippen LogP contribution in [-0.2, 0) is 13.1 Å². The first kappa shape index (κ1) is 14.5. The van der Waals surface area contributed by atoms with Crippen molar-refractivity contribution in [3.63, 3.8) is 0 Å². The zero-order chi connectivity index (χ0) is 13.5. The van der Waals surface area contributed by atoms with Crippen LogP contribution in [0.5, 0.6) is 0 Å². The van der Waals surface area contributed by atoms with Gasteiger partial charge in [-0.05, 0) is 24.2 Å². The van der Waals surface area contributed by atoms with Crippen LogP contribution < -0.4 is 5.32 Å². The van der Waals surface area contributed by atoms with Gasteiger partial charge in [0.15, 0.2) is 0 Å². The summed E-state index contributed by atoms with van der Waals surface area (Å²) < 4.78 is 0. The Morgan fingerprint density at radius 1 is 1.00 bits per heavy atom. The van der Waals surface area contributed by atoms with Gasteiger partial charge in [0.05, 0.1) is 0 Å². The van der Waals surface area contributed by atoms with Gasteiger partial charge in [-0.15, -0.1) is 0 Å². The number of hydrogen-bond donors (Lipinski definition) is 1. The minimum absolute atomic E-state index is 0.980. The third-order valence-electron chi connectivity index (χ3n) is 3.89. The Morgan fingerprint density at radius 2 is 1.68 bits per heavy atom. The summed E-state index contributed by atoms with van der Waals surface area (Å²) in [5.41, 5.74) is 2.84. The average molecular weight is 261 g/mol. The first-order valence-electron chi connectivity index (χ1n) is 7.55. The van der Waals surface area contributed by atoms with Crippen molar-refractivity contribution in [2.24, 2.45) is 0 Å². The Labute approximate surface area is 117 Å². The smallest absolute Gasteiger partial charge is 0.0234 e. The molecule has 0 radical (unpaired) electrons. The molecule has 1 N–H and O–H groups in total. The lowest BCUT2D eigenvalue weighted by Crippen LogP contribution is -2.45. The predicted octanol–water partition coefficient (Wildman–Crippen LogP) is 1.93. The molecule has 106 valence electrons. The number of likely N-dealkylation sites (N-methyl/N-ethyl adjacent to an activating group) is 1. The molecule has 0 saturated carbocycles. The molecule has 1 fully saturated rings. The number of benzene rings is 1. The largest absolute Gasteiger partial charge is 0.313 e. The fourth-order valence-corrected chi connectivity index (χ4v) is 2.63. The van der Waals surface area contributed by atoms with Crippen LogP contribution in [0.15, 0.2) is 24.3 Å². The Kier molecular flexibility index (Phi) is 5.83. The normalized spacial score (nSPS) is 17.8. The molecular weight excluding hydrogens is 234 g/mol. The molecule has 1 aromatic carbocycles. The maximum absolute atomic E-state index is 3.39. The van der Waals surface area contributed by atoms with Crippen LogP contribution in [-0.4, -0.2) is 49.1 Å². The molecule has 3 heteroatoms. The molecule has 0 aromatic heterocycles. The lowest BCUT2D eigenvalue weighted by Gasteiger charge is -2.34. The highest BCUT2D eigenvalue weighted by molar-refractivity contribution is 5.23. The monoisotopic (exact) mass is 261 g/mol. The lowest BCUT2D eigenvalue weighted by molar-refractivity contribution is 0.132. The van der Waals surface area contributed by atoms with E-state index in [2.05, 4.69) is 53.2 Å². The molecule has 0 unspecified atom stereocenters. The van der Waals surface area contributed by atoms with E-state index in [9.17, 15) is 0 Å². The van der Waals surface area contributed by atoms with E-state index in [1.165, 1.54) is 43.9 Å². The first-order valence-corrected chi connectivity index (χ1v) is 7.55. The fourth-order valence-electron chi connectivity index (χ4n) is 2.63. The van der Waals surface area contributed by atoms with Crippen LogP contribution in [0.4, 0.5) is 0 Å². The van der Waals surface area contributed by atoms with Crippen LogP contribution in [0, 0.1) is 0 Å². The topological polar surface area (TPSA) is 18.5 Å². The second-order valence-corrected chi connectivity index (χ2v) is 5.31. The molecular formula is C16H27N3. The molecule has 1 heterocycles.